The zero-order valence-corrected chi connectivity index (χ0v) is 9.66. The monoisotopic (exact) mass is 193 g/mol. The summed E-state index contributed by atoms with van der Waals surface area (Å²) in [6.45, 7) is 9.91. The summed E-state index contributed by atoms with van der Waals surface area (Å²) in [4.78, 5) is 0. The summed E-state index contributed by atoms with van der Waals surface area (Å²) in [5.41, 5.74) is 0.931. The molecule has 0 spiro atoms. The normalized spacial score (nSPS) is 8.36. The number of rotatable bonds is 0. The molecule has 2 aromatic rings. The molecule has 0 saturated carbocycles. The molecular weight excluding hydrogens is 174 g/mol. The average molecular weight is 193 g/mol. The van der Waals surface area contributed by atoms with Crippen molar-refractivity contribution in [2.24, 2.45) is 0 Å². The Morgan fingerprint density at radius 1 is 1.00 bits per heavy atom. The number of hydrogen-bond acceptors (Lipinski definition) is 2. The Bertz CT molecular complexity index is 352. The standard InChI is InChI=1S/C8H7NO.2C2H6/c1-6-7-4-2-3-5-8(7)9-10-6;2*1-2/h2-5H,1H3;2*1-2H3. The molecule has 0 atom stereocenters. The molecule has 0 N–H and O–H groups in total. The molecule has 14 heavy (non-hydrogen) atoms. The fraction of sp³-hybridized carbons (Fsp3) is 0.417. The van der Waals surface area contributed by atoms with Crippen LogP contribution in [0.25, 0.3) is 10.9 Å². The summed E-state index contributed by atoms with van der Waals surface area (Å²) in [5.74, 6) is 0.885. The summed E-state index contributed by atoms with van der Waals surface area (Å²) in [6, 6.07) is 7.86. The van der Waals surface area contributed by atoms with E-state index in [1.807, 2.05) is 58.9 Å². The van der Waals surface area contributed by atoms with Crippen molar-refractivity contribution in [1.82, 2.24) is 5.16 Å². The van der Waals surface area contributed by atoms with Crippen LogP contribution in [0.4, 0.5) is 0 Å². The third-order valence-corrected chi connectivity index (χ3v) is 1.56. The van der Waals surface area contributed by atoms with Gasteiger partial charge in [0.15, 0.2) is 0 Å². The maximum atomic E-state index is 4.96. The van der Waals surface area contributed by atoms with Gasteiger partial charge in [-0.3, -0.25) is 0 Å². The van der Waals surface area contributed by atoms with Gasteiger partial charge in [0.05, 0.1) is 0 Å². The van der Waals surface area contributed by atoms with Crippen LogP contribution in [0.15, 0.2) is 28.8 Å². The minimum Gasteiger partial charge on any atom is -0.360 e. The van der Waals surface area contributed by atoms with Gasteiger partial charge in [0.25, 0.3) is 0 Å². The van der Waals surface area contributed by atoms with Gasteiger partial charge in [0, 0.05) is 5.39 Å². The van der Waals surface area contributed by atoms with E-state index in [0.29, 0.717) is 0 Å². The van der Waals surface area contributed by atoms with E-state index in [9.17, 15) is 0 Å². The Labute approximate surface area is 85.9 Å². The largest absolute Gasteiger partial charge is 0.360 e. The highest BCUT2D eigenvalue weighted by molar-refractivity contribution is 5.79. The van der Waals surface area contributed by atoms with E-state index in [0.717, 1.165) is 16.7 Å². The minimum absolute atomic E-state index is 0.885. The smallest absolute Gasteiger partial charge is 0.141 e. The Hall–Kier alpha value is -1.31. The lowest BCUT2D eigenvalue weighted by Crippen LogP contribution is -1.64. The van der Waals surface area contributed by atoms with Gasteiger partial charge in [0.2, 0.25) is 0 Å². The quantitative estimate of drug-likeness (QED) is 0.627. The Morgan fingerprint density at radius 2 is 1.57 bits per heavy atom. The van der Waals surface area contributed by atoms with Crippen LogP contribution < -0.4 is 0 Å². The SMILES string of the molecule is CC.CC.Cc1onc2ccccc12. The first-order valence-corrected chi connectivity index (χ1v) is 5.19. The number of nitrogens with zero attached hydrogens (tertiary/aromatic N) is 1. The molecule has 1 aromatic heterocycles. The highest BCUT2D eigenvalue weighted by Gasteiger charge is 1.99. The van der Waals surface area contributed by atoms with Gasteiger partial charge >= 0.3 is 0 Å². The molecule has 2 heteroatoms. The fourth-order valence-corrected chi connectivity index (χ4v) is 1.02. The molecule has 0 fully saturated rings. The van der Waals surface area contributed by atoms with Gasteiger partial charge in [0.1, 0.15) is 11.3 Å². The Balaban J connectivity index is 0.000000379. The van der Waals surface area contributed by atoms with Gasteiger partial charge in [-0.05, 0) is 19.1 Å². The predicted molar refractivity (Wildman–Crippen MR) is 61.4 cm³/mol. The third-order valence-electron chi connectivity index (χ3n) is 1.56. The van der Waals surface area contributed by atoms with Crippen LogP contribution in [0, 0.1) is 6.92 Å². The van der Waals surface area contributed by atoms with Gasteiger partial charge in [-0.1, -0.05) is 45.0 Å². The molecule has 0 aliphatic rings. The molecule has 0 amide bonds. The molecule has 2 nitrogen and oxygen atoms in total. The molecule has 2 rings (SSSR count). The maximum Gasteiger partial charge on any atom is 0.141 e. The summed E-state index contributed by atoms with van der Waals surface area (Å²) in [6.07, 6.45) is 0. The van der Waals surface area contributed by atoms with Gasteiger partial charge in [-0.25, -0.2) is 0 Å². The third kappa shape index (κ3) is 2.87. The molecule has 0 aliphatic heterocycles. The summed E-state index contributed by atoms with van der Waals surface area (Å²) >= 11 is 0. The second-order valence-electron chi connectivity index (χ2n) is 2.26. The topological polar surface area (TPSA) is 26.0 Å². The van der Waals surface area contributed by atoms with E-state index in [4.69, 9.17) is 4.52 Å². The van der Waals surface area contributed by atoms with Crippen molar-refractivity contribution in [2.75, 3.05) is 0 Å². The lowest BCUT2D eigenvalue weighted by Gasteiger charge is -1.82. The first kappa shape index (κ1) is 12.7. The molecule has 0 aliphatic carbocycles. The van der Waals surface area contributed by atoms with Crippen LogP contribution >= 0.6 is 0 Å². The number of fused-ring (bicyclic) bond motifs is 1. The number of aromatic nitrogens is 1. The number of aryl methyl sites for hydroxylation is 1. The second kappa shape index (κ2) is 7.13. The Morgan fingerprint density at radius 3 is 2.14 bits per heavy atom. The van der Waals surface area contributed by atoms with Crippen molar-refractivity contribution < 1.29 is 4.52 Å². The molecule has 1 heterocycles. The summed E-state index contributed by atoms with van der Waals surface area (Å²) in [5, 5.41) is 4.94. The second-order valence-corrected chi connectivity index (χ2v) is 2.26. The van der Waals surface area contributed by atoms with Crippen molar-refractivity contribution >= 4 is 10.9 Å². The number of benzene rings is 1. The average Bonchev–Trinajstić information content (AvgIpc) is 2.67. The van der Waals surface area contributed by atoms with Crippen molar-refractivity contribution in [2.45, 2.75) is 34.6 Å². The van der Waals surface area contributed by atoms with E-state index in [2.05, 4.69) is 5.16 Å². The van der Waals surface area contributed by atoms with Crippen LogP contribution in [-0.2, 0) is 0 Å². The van der Waals surface area contributed by atoms with Crippen LogP contribution in [0.2, 0.25) is 0 Å². The summed E-state index contributed by atoms with van der Waals surface area (Å²) < 4.78 is 4.96. The van der Waals surface area contributed by atoms with Crippen LogP contribution in [0.3, 0.4) is 0 Å². The molecule has 78 valence electrons. The van der Waals surface area contributed by atoms with Crippen LogP contribution in [-0.4, -0.2) is 5.16 Å². The van der Waals surface area contributed by atoms with E-state index >= 15 is 0 Å². The maximum absolute atomic E-state index is 4.96. The molecule has 0 unspecified atom stereocenters. The number of hydrogen-bond donors (Lipinski definition) is 0. The molecule has 0 saturated heterocycles. The van der Waals surface area contributed by atoms with Crippen LogP contribution in [0.1, 0.15) is 33.5 Å². The van der Waals surface area contributed by atoms with E-state index < -0.39 is 0 Å². The minimum atomic E-state index is 0.885. The first-order chi connectivity index (χ1) is 6.88. The zero-order chi connectivity index (χ0) is 11.0. The highest BCUT2D eigenvalue weighted by Crippen LogP contribution is 2.15. The Kier molecular flexibility index (Phi) is 6.46. The van der Waals surface area contributed by atoms with Crippen molar-refractivity contribution in [1.29, 1.82) is 0 Å². The zero-order valence-electron chi connectivity index (χ0n) is 9.66. The molecule has 0 bridgehead atoms. The van der Waals surface area contributed by atoms with E-state index in [1.165, 1.54) is 0 Å². The predicted octanol–water partition coefficient (Wildman–Crippen LogP) is 4.19. The van der Waals surface area contributed by atoms with E-state index in [1.54, 1.807) is 0 Å². The van der Waals surface area contributed by atoms with Crippen molar-refractivity contribution in [3.63, 3.8) is 0 Å². The fourth-order valence-electron chi connectivity index (χ4n) is 1.02. The van der Waals surface area contributed by atoms with Gasteiger partial charge in [-0.2, -0.15) is 0 Å². The molecule has 0 radical (unpaired) electrons. The van der Waals surface area contributed by atoms with Gasteiger partial charge in [-0.15, -0.1) is 0 Å². The van der Waals surface area contributed by atoms with Crippen LogP contribution in [0.5, 0.6) is 0 Å². The lowest BCUT2D eigenvalue weighted by atomic mass is 10.2. The lowest BCUT2D eigenvalue weighted by molar-refractivity contribution is 0.405. The molecular formula is C12H19NO. The van der Waals surface area contributed by atoms with Crippen molar-refractivity contribution in [3.8, 4) is 0 Å². The highest BCUT2D eigenvalue weighted by atomic mass is 16.5. The summed E-state index contributed by atoms with van der Waals surface area (Å²) in [7, 11) is 0. The molecule has 1 aromatic carbocycles. The first-order valence-electron chi connectivity index (χ1n) is 5.19. The van der Waals surface area contributed by atoms with E-state index in [-0.39, 0.29) is 0 Å². The van der Waals surface area contributed by atoms with Gasteiger partial charge < -0.3 is 4.52 Å². The van der Waals surface area contributed by atoms with Crippen molar-refractivity contribution in [3.05, 3.63) is 30.0 Å².